The minimum atomic E-state index is -0.575. The second kappa shape index (κ2) is 8.59. The van der Waals surface area contributed by atoms with Gasteiger partial charge >= 0.3 is 6.09 Å². The molecule has 0 bridgehead atoms. The number of amides is 1. The molecule has 8 heteroatoms. The van der Waals surface area contributed by atoms with Crippen LogP contribution in [0.1, 0.15) is 26.3 Å². The van der Waals surface area contributed by atoms with Gasteiger partial charge in [-0.1, -0.05) is 15.9 Å². The highest BCUT2D eigenvalue weighted by Crippen LogP contribution is 2.42. The summed E-state index contributed by atoms with van der Waals surface area (Å²) in [4.78, 5) is 27.1. The molecule has 0 fully saturated rings. The minimum Gasteiger partial charge on any atom is -0.444 e. The Morgan fingerprint density at radius 3 is 2.59 bits per heavy atom. The topological polar surface area (TPSA) is 49.9 Å². The molecule has 0 N–H and O–H groups in total. The number of hydrogen-bond donors (Lipinski definition) is 0. The quantitative estimate of drug-likeness (QED) is 0.440. The van der Waals surface area contributed by atoms with Crippen LogP contribution in [0.15, 0.2) is 28.4 Å². The van der Waals surface area contributed by atoms with Crippen LogP contribution in [-0.2, 0) is 9.53 Å². The summed E-state index contributed by atoms with van der Waals surface area (Å²) in [6.45, 7) is 6.25. The lowest BCUT2D eigenvalue weighted by Crippen LogP contribution is -2.40. The molecular weight excluding hydrogens is 483 g/mol. The Balaban J connectivity index is 2.31. The van der Waals surface area contributed by atoms with Crippen LogP contribution in [0.3, 0.4) is 0 Å². The van der Waals surface area contributed by atoms with Crippen molar-refractivity contribution in [2.75, 3.05) is 30.4 Å². The molecule has 146 valence electrons. The largest absolute Gasteiger partial charge is 0.444 e. The maximum absolute atomic E-state index is 13.7. The molecule has 0 aliphatic carbocycles. The van der Waals surface area contributed by atoms with Gasteiger partial charge in [-0.15, -0.1) is 0 Å². The number of alkyl halides is 1. The van der Waals surface area contributed by atoms with Crippen molar-refractivity contribution in [2.45, 2.75) is 26.4 Å². The number of halogens is 3. The fraction of sp³-hybridized carbons (Fsp3) is 0.421. The van der Waals surface area contributed by atoms with Gasteiger partial charge in [0.25, 0.3) is 0 Å². The predicted octanol–water partition coefficient (Wildman–Crippen LogP) is 4.73. The molecule has 0 spiro atoms. The highest BCUT2D eigenvalue weighted by atomic mass is 79.9. The summed E-state index contributed by atoms with van der Waals surface area (Å²) < 4.78 is 19.7. The molecule has 27 heavy (non-hydrogen) atoms. The van der Waals surface area contributed by atoms with E-state index in [1.54, 1.807) is 13.1 Å². The highest BCUT2D eigenvalue weighted by Gasteiger charge is 2.29. The van der Waals surface area contributed by atoms with Gasteiger partial charge in [0.05, 0.1) is 10.1 Å². The van der Waals surface area contributed by atoms with Crippen LogP contribution in [0, 0.1) is 5.82 Å². The van der Waals surface area contributed by atoms with Crippen LogP contribution in [0.4, 0.5) is 14.9 Å². The van der Waals surface area contributed by atoms with Gasteiger partial charge in [-0.2, -0.15) is 0 Å². The first-order valence-corrected chi connectivity index (χ1v) is 10.2. The molecule has 1 amide bonds. The highest BCUT2D eigenvalue weighted by molar-refractivity contribution is 9.12. The molecular formula is C19H21Br2FN2O3. The molecule has 1 aromatic rings. The van der Waals surface area contributed by atoms with Crippen molar-refractivity contribution in [1.29, 1.82) is 0 Å². The van der Waals surface area contributed by atoms with Gasteiger partial charge in [0, 0.05) is 42.4 Å². The van der Waals surface area contributed by atoms with E-state index in [1.807, 2.05) is 31.6 Å². The molecule has 5 nitrogen and oxygen atoms in total. The molecule has 0 saturated heterocycles. The molecule has 1 aliphatic heterocycles. The van der Waals surface area contributed by atoms with Crippen LogP contribution in [0.25, 0.3) is 5.57 Å². The number of carbonyl (C=O) groups is 1. The van der Waals surface area contributed by atoms with Gasteiger partial charge in [-0.3, -0.25) is 0 Å². The van der Waals surface area contributed by atoms with Gasteiger partial charge in [0.15, 0.2) is 0 Å². The zero-order chi connectivity index (χ0) is 20.4. The first-order valence-electron chi connectivity index (χ1n) is 8.30. The lowest BCUT2D eigenvalue weighted by Gasteiger charge is -2.35. The van der Waals surface area contributed by atoms with E-state index in [-0.39, 0.29) is 5.57 Å². The third kappa shape index (κ3) is 5.00. The van der Waals surface area contributed by atoms with E-state index in [0.29, 0.717) is 34.2 Å². The molecule has 0 saturated carbocycles. The maximum Gasteiger partial charge on any atom is 0.410 e. The van der Waals surface area contributed by atoms with Gasteiger partial charge in [0.2, 0.25) is 0 Å². The van der Waals surface area contributed by atoms with Crippen molar-refractivity contribution in [1.82, 2.24) is 4.90 Å². The molecule has 0 aromatic heterocycles. The van der Waals surface area contributed by atoms with Crippen LogP contribution in [0.5, 0.6) is 0 Å². The number of hydrogen-bond acceptors (Lipinski definition) is 4. The van der Waals surface area contributed by atoms with Crippen molar-refractivity contribution in [3.05, 3.63) is 39.8 Å². The smallest absolute Gasteiger partial charge is 0.410 e. The maximum atomic E-state index is 13.7. The number of fused-ring (bicyclic) bond motifs is 1. The zero-order valence-electron chi connectivity index (χ0n) is 15.6. The summed E-state index contributed by atoms with van der Waals surface area (Å²) in [6, 6.07) is 4.28. The number of rotatable bonds is 4. The van der Waals surface area contributed by atoms with E-state index in [9.17, 15) is 14.0 Å². The number of ether oxygens (including phenoxy) is 1. The van der Waals surface area contributed by atoms with E-state index in [2.05, 4.69) is 31.9 Å². The number of benzene rings is 1. The Morgan fingerprint density at radius 2 is 2.04 bits per heavy atom. The molecule has 1 aromatic carbocycles. The third-order valence-electron chi connectivity index (χ3n) is 3.91. The number of likely N-dealkylation sites (N-methyl/N-ethyl adjacent to an activating group) is 1. The fourth-order valence-corrected chi connectivity index (χ4v) is 4.25. The Kier molecular flexibility index (Phi) is 6.89. The van der Waals surface area contributed by atoms with Crippen molar-refractivity contribution in [2.24, 2.45) is 0 Å². The van der Waals surface area contributed by atoms with E-state index >= 15 is 0 Å². The fourth-order valence-electron chi connectivity index (χ4n) is 2.64. The molecule has 0 atom stereocenters. The van der Waals surface area contributed by atoms with Gasteiger partial charge in [-0.25, -0.2) is 14.0 Å². The summed E-state index contributed by atoms with van der Waals surface area (Å²) in [6.07, 6.45) is -0.421. The first-order chi connectivity index (χ1) is 12.6. The standard InChI is InChI=1S/C19H21Br2FN2O3/c1-19(2,3)27-18(26)23(4)7-8-24-15-6-5-12(22)9-13(15)14(11-25)17(21)16(24)10-20/h5-6,9H,7-8,10H2,1-4H3. The number of nitrogens with zero attached hydrogens (tertiary/aromatic N) is 2. The Morgan fingerprint density at radius 1 is 1.37 bits per heavy atom. The van der Waals surface area contributed by atoms with Crippen LogP contribution >= 0.6 is 31.9 Å². The molecule has 1 heterocycles. The third-order valence-corrected chi connectivity index (χ3v) is 5.30. The minimum absolute atomic E-state index is 0.274. The monoisotopic (exact) mass is 502 g/mol. The number of carbonyl (C=O) groups excluding carboxylic acids is 2. The van der Waals surface area contributed by atoms with E-state index in [0.717, 1.165) is 5.70 Å². The normalized spacial score (nSPS) is 14.0. The van der Waals surface area contributed by atoms with Crippen molar-refractivity contribution >= 4 is 55.2 Å². The van der Waals surface area contributed by atoms with E-state index < -0.39 is 17.5 Å². The molecule has 1 aliphatic rings. The average molecular weight is 504 g/mol. The Bertz CT molecular complexity index is 827. The van der Waals surface area contributed by atoms with Crippen molar-refractivity contribution in [3.8, 4) is 0 Å². The van der Waals surface area contributed by atoms with Crippen molar-refractivity contribution < 1.29 is 18.7 Å². The lowest BCUT2D eigenvalue weighted by atomic mass is 9.98. The first kappa shape index (κ1) is 21.7. The Hall–Kier alpha value is -1.63. The summed E-state index contributed by atoms with van der Waals surface area (Å²) in [7, 11) is 1.66. The predicted molar refractivity (Wildman–Crippen MR) is 111 cm³/mol. The van der Waals surface area contributed by atoms with Gasteiger partial charge < -0.3 is 14.5 Å². The van der Waals surface area contributed by atoms with Gasteiger partial charge in [0.1, 0.15) is 17.4 Å². The van der Waals surface area contributed by atoms with E-state index in [1.165, 1.54) is 17.0 Å². The molecule has 2 rings (SSSR count). The van der Waals surface area contributed by atoms with Crippen LogP contribution in [-0.4, -0.2) is 48.0 Å². The second-order valence-electron chi connectivity index (χ2n) is 7.09. The summed E-state index contributed by atoms with van der Waals surface area (Å²) in [5, 5.41) is 0.464. The van der Waals surface area contributed by atoms with Crippen LogP contribution in [0.2, 0.25) is 0 Å². The van der Waals surface area contributed by atoms with Gasteiger partial charge in [-0.05, 0) is 54.9 Å². The average Bonchev–Trinajstić information content (AvgIpc) is 2.57. The lowest BCUT2D eigenvalue weighted by molar-refractivity contribution is 0.0303. The second-order valence-corrected chi connectivity index (χ2v) is 8.44. The summed E-state index contributed by atoms with van der Waals surface area (Å²) >= 11 is 6.87. The molecule has 0 unspecified atom stereocenters. The van der Waals surface area contributed by atoms with Crippen LogP contribution < -0.4 is 4.90 Å². The summed E-state index contributed by atoms with van der Waals surface area (Å²) in [5.74, 6) is 1.46. The zero-order valence-corrected chi connectivity index (χ0v) is 18.8. The SMILES string of the molecule is CN(CCN1C(CBr)=C(Br)C(=C=O)c2cc(F)ccc21)C(=O)OC(C)(C)C. The number of allylic oxidation sites excluding steroid dienone is 3. The van der Waals surface area contributed by atoms with Crippen molar-refractivity contribution in [3.63, 3.8) is 0 Å². The van der Waals surface area contributed by atoms with E-state index in [4.69, 9.17) is 4.74 Å². The number of anilines is 1. The summed E-state index contributed by atoms with van der Waals surface area (Å²) in [5.41, 5.74) is 1.64. The Labute approximate surface area is 175 Å². The molecule has 0 radical (unpaired) electrons.